The van der Waals surface area contributed by atoms with E-state index in [4.69, 9.17) is 9.47 Å². The molecule has 0 amide bonds. The third kappa shape index (κ3) is 2.63. The van der Waals surface area contributed by atoms with E-state index in [0.717, 1.165) is 67.0 Å². The molecular formula is C18H25BrO3. The van der Waals surface area contributed by atoms with Gasteiger partial charge in [0.15, 0.2) is 0 Å². The summed E-state index contributed by atoms with van der Waals surface area (Å²) in [5.41, 5.74) is 1.78. The zero-order chi connectivity index (χ0) is 15.8. The first kappa shape index (κ1) is 16.4. The lowest BCUT2D eigenvalue weighted by Gasteiger charge is -2.35. The Hall–Kier alpha value is -0.450. The second-order valence-electron chi connectivity index (χ2n) is 6.73. The van der Waals surface area contributed by atoms with Gasteiger partial charge in [-0.2, -0.15) is 0 Å². The maximum Gasteiger partial charge on any atom is 0.255 e. The Balaban J connectivity index is 1.92. The highest BCUT2D eigenvalue weighted by Crippen LogP contribution is 2.47. The number of halogens is 1. The lowest BCUT2D eigenvalue weighted by Crippen LogP contribution is -2.45. The molecular weight excluding hydrogens is 344 g/mol. The Morgan fingerprint density at radius 3 is 2.41 bits per heavy atom. The van der Waals surface area contributed by atoms with Crippen LogP contribution in [0.5, 0.6) is 0 Å². The molecule has 1 fully saturated rings. The number of carbonyl (C=O) groups excluding carboxylic acids is 1. The Morgan fingerprint density at radius 2 is 1.77 bits per heavy atom. The van der Waals surface area contributed by atoms with Crippen molar-refractivity contribution in [1.82, 2.24) is 0 Å². The summed E-state index contributed by atoms with van der Waals surface area (Å²) in [6.07, 6.45) is 9.87. The summed E-state index contributed by atoms with van der Waals surface area (Å²) in [5, 5.41) is 0. The van der Waals surface area contributed by atoms with Crippen molar-refractivity contribution in [2.24, 2.45) is 0 Å². The van der Waals surface area contributed by atoms with Crippen LogP contribution in [-0.4, -0.2) is 23.8 Å². The predicted octanol–water partition coefficient (Wildman–Crippen LogP) is 4.80. The molecule has 4 heteroatoms. The van der Waals surface area contributed by atoms with Gasteiger partial charge in [-0.05, 0) is 50.2 Å². The summed E-state index contributed by atoms with van der Waals surface area (Å²) >= 11 is 3.65. The maximum absolute atomic E-state index is 13.1. The average Bonchev–Trinajstić information content (AvgIpc) is 2.86. The molecule has 3 nitrogen and oxygen atoms in total. The molecule has 2 aliphatic carbocycles. The zero-order valence-corrected chi connectivity index (χ0v) is 15.1. The Labute approximate surface area is 141 Å². The zero-order valence-electron chi connectivity index (χ0n) is 13.5. The molecule has 0 N–H and O–H groups in total. The third-order valence-electron chi connectivity index (χ3n) is 4.99. The first-order valence-corrected chi connectivity index (χ1v) is 9.35. The molecule has 1 atom stereocenters. The molecule has 0 aromatic heterocycles. The monoisotopic (exact) mass is 368 g/mol. The van der Waals surface area contributed by atoms with Gasteiger partial charge in [0.25, 0.3) is 5.79 Å². The molecule has 1 heterocycles. The SMILES string of the molecule is CCCC1(CCC)CO[C@]2(C=C(Br)C3=C(CCCC3)C2=O)O1. The van der Waals surface area contributed by atoms with Crippen LogP contribution in [0.15, 0.2) is 21.7 Å². The normalized spacial score (nSPS) is 30.7. The van der Waals surface area contributed by atoms with Crippen LogP contribution in [0.2, 0.25) is 0 Å². The van der Waals surface area contributed by atoms with Crippen LogP contribution >= 0.6 is 15.9 Å². The number of hydrogen-bond acceptors (Lipinski definition) is 3. The molecule has 0 aromatic rings. The smallest absolute Gasteiger partial charge is 0.255 e. The van der Waals surface area contributed by atoms with Crippen molar-refractivity contribution in [1.29, 1.82) is 0 Å². The van der Waals surface area contributed by atoms with E-state index >= 15 is 0 Å². The van der Waals surface area contributed by atoms with Crippen molar-refractivity contribution < 1.29 is 14.3 Å². The lowest BCUT2D eigenvalue weighted by molar-refractivity contribution is -0.175. The van der Waals surface area contributed by atoms with Gasteiger partial charge in [-0.3, -0.25) is 4.79 Å². The van der Waals surface area contributed by atoms with Crippen molar-refractivity contribution >= 4 is 21.7 Å². The molecule has 1 aliphatic heterocycles. The fourth-order valence-electron chi connectivity index (χ4n) is 4.03. The van der Waals surface area contributed by atoms with E-state index in [1.165, 1.54) is 0 Å². The van der Waals surface area contributed by atoms with Crippen LogP contribution in [0.25, 0.3) is 0 Å². The molecule has 1 spiro atoms. The van der Waals surface area contributed by atoms with Crippen molar-refractivity contribution in [2.75, 3.05) is 6.61 Å². The highest BCUT2D eigenvalue weighted by atomic mass is 79.9. The minimum atomic E-state index is -1.18. The maximum atomic E-state index is 13.1. The summed E-state index contributed by atoms with van der Waals surface area (Å²) in [6.45, 7) is 4.82. The number of ether oxygens (including phenoxy) is 2. The number of allylic oxidation sites excluding steroid dienone is 2. The number of ketones is 1. The highest BCUT2D eigenvalue weighted by Gasteiger charge is 2.55. The summed E-state index contributed by atoms with van der Waals surface area (Å²) in [6, 6.07) is 0. The summed E-state index contributed by atoms with van der Waals surface area (Å²) < 4.78 is 13.4. The molecule has 3 aliphatic rings. The predicted molar refractivity (Wildman–Crippen MR) is 89.8 cm³/mol. The molecule has 0 unspecified atom stereocenters. The molecule has 0 radical (unpaired) electrons. The van der Waals surface area contributed by atoms with Gasteiger partial charge in [-0.25, -0.2) is 0 Å². The van der Waals surface area contributed by atoms with E-state index in [1.807, 2.05) is 6.08 Å². The molecule has 0 saturated carbocycles. The van der Waals surface area contributed by atoms with Crippen LogP contribution in [0, 0.1) is 0 Å². The fourth-order valence-corrected chi connectivity index (χ4v) is 4.77. The van der Waals surface area contributed by atoms with Gasteiger partial charge in [0.2, 0.25) is 5.78 Å². The van der Waals surface area contributed by atoms with E-state index in [0.29, 0.717) is 6.61 Å². The highest BCUT2D eigenvalue weighted by molar-refractivity contribution is 9.12. The average molecular weight is 369 g/mol. The number of hydrogen-bond donors (Lipinski definition) is 0. The van der Waals surface area contributed by atoms with Crippen LogP contribution in [0.4, 0.5) is 0 Å². The number of carbonyl (C=O) groups is 1. The quantitative estimate of drug-likeness (QED) is 0.714. The number of Topliss-reactive ketones (excluding diaryl/α,β-unsaturated/α-hetero) is 1. The number of rotatable bonds is 4. The van der Waals surface area contributed by atoms with Crippen molar-refractivity contribution in [3.8, 4) is 0 Å². The van der Waals surface area contributed by atoms with E-state index in [1.54, 1.807) is 0 Å². The van der Waals surface area contributed by atoms with Crippen molar-refractivity contribution in [2.45, 2.75) is 76.6 Å². The van der Waals surface area contributed by atoms with Gasteiger partial charge < -0.3 is 9.47 Å². The topological polar surface area (TPSA) is 35.5 Å². The van der Waals surface area contributed by atoms with E-state index in [9.17, 15) is 4.79 Å². The second kappa shape index (κ2) is 6.21. The van der Waals surface area contributed by atoms with Gasteiger partial charge in [0.05, 0.1) is 12.2 Å². The standard InChI is InChI=1S/C18H25BrO3/c1-3-9-17(10-4-2)12-21-18(22-17)11-15(19)13-7-5-6-8-14(13)16(18)20/h11H,3-10,12H2,1-2H3/t18-/m1/s1. The molecule has 22 heavy (non-hydrogen) atoms. The second-order valence-corrected chi connectivity index (χ2v) is 7.58. The molecule has 122 valence electrons. The van der Waals surface area contributed by atoms with Crippen LogP contribution in [0.3, 0.4) is 0 Å². The summed E-state index contributed by atoms with van der Waals surface area (Å²) in [7, 11) is 0. The van der Waals surface area contributed by atoms with Crippen molar-refractivity contribution in [3.05, 3.63) is 21.7 Å². The van der Waals surface area contributed by atoms with Gasteiger partial charge in [-0.1, -0.05) is 42.6 Å². The van der Waals surface area contributed by atoms with Crippen molar-refractivity contribution in [3.63, 3.8) is 0 Å². The Kier molecular flexibility index (Phi) is 4.64. The summed E-state index contributed by atoms with van der Waals surface area (Å²) in [4.78, 5) is 13.1. The molecule has 0 bridgehead atoms. The fraction of sp³-hybridized carbons (Fsp3) is 0.722. The minimum Gasteiger partial charge on any atom is -0.337 e. The van der Waals surface area contributed by atoms with Gasteiger partial charge >= 0.3 is 0 Å². The first-order valence-electron chi connectivity index (χ1n) is 8.55. The molecule has 3 rings (SSSR count). The third-order valence-corrected chi connectivity index (χ3v) is 5.70. The van der Waals surface area contributed by atoms with Gasteiger partial charge in [0, 0.05) is 10.1 Å². The minimum absolute atomic E-state index is 0.0412. The Bertz CT molecular complexity index is 528. The van der Waals surface area contributed by atoms with Gasteiger partial charge in [-0.15, -0.1) is 0 Å². The van der Waals surface area contributed by atoms with Crippen LogP contribution in [-0.2, 0) is 14.3 Å². The largest absolute Gasteiger partial charge is 0.337 e. The van der Waals surface area contributed by atoms with E-state index in [2.05, 4.69) is 29.8 Å². The lowest BCUT2D eigenvalue weighted by atomic mass is 9.82. The molecule has 1 saturated heterocycles. The first-order chi connectivity index (χ1) is 10.6. The molecule has 0 aromatic carbocycles. The Morgan fingerprint density at radius 1 is 1.14 bits per heavy atom. The van der Waals surface area contributed by atoms with E-state index in [-0.39, 0.29) is 11.4 Å². The van der Waals surface area contributed by atoms with E-state index < -0.39 is 5.79 Å². The van der Waals surface area contributed by atoms with Gasteiger partial charge in [0.1, 0.15) is 0 Å². The van der Waals surface area contributed by atoms with Crippen LogP contribution < -0.4 is 0 Å². The van der Waals surface area contributed by atoms with Crippen LogP contribution in [0.1, 0.15) is 65.2 Å². The summed E-state index contributed by atoms with van der Waals surface area (Å²) in [5.74, 6) is -1.14.